The number of aliphatic hydroxyl groups excluding tert-OH is 1. The monoisotopic (exact) mass is 353 g/mol. The zero-order chi connectivity index (χ0) is 18.9. The lowest BCUT2D eigenvalue weighted by atomic mass is 9.79. The van der Waals surface area contributed by atoms with E-state index in [0.29, 0.717) is 17.9 Å². The van der Waals surface area contributed by atoms with E-state index in [1.807, 2.05) is 6.92 Å². The maximum Gasteiger partial charge on any atom is 0.331 e. The van der Waals surface area contributed by atoms with Gasteiger partial charge in [-0.2, -0.15) is 8.78 Å². The quantitative estimate of drug-likeness (QED) is 0.700. The third-order valence-electron chi connectivity index (χ3n) is 4.74. The average Bonchev–Trinajstić information content (AvgIpc) is 2.87. The highest BCUT2D eigenvalue weighted by atomic mass is 19.3. The molecular formula is C20H29F2NO2. The standard InChI is InChI=1S/C20H29F2NO2/c1-6-8-13-19(20(21,22)17(24)18(3,4)5)23(14-7-2)15-11-9-10-12-16(15)25-19/h7,9-12,17,24H,2,6,8,13-14H2,1,3-5H3/t17-,19-/m0/s1. The molecular weight excluding hydrogens is 324 g/mol. The predicted octanol–water partition coefficient (Wildman–Crippen LogP) is 5.00. The van der Waals surface area contributed by atoms with E-state index in [1.165, 1.54) is 0 Å². The smallest absolute Gasteiger partial charge is 0.331 e. The van der Waals surface area contributed by atoms with Crippen LogP contribution in [0.5, 0.6) is 5.75 Å². The van der Waals surface area contributed by atoms with Gasteiger partial charge in [0.2, 0.25) is 5.72 Å². The number of alkyl halides is 2. The summed E-state index contributed by atoms with van der Waals surface area (Å²) in [6.07, 6.45) is 1.18. The van der Waals surface area contributed by atoms with E-state index in [9.17, 15) is 5.11 Å². The van der Waals surface area contributed by atoms with Crippen LogP contribution >= 0.6 is 0 Å². The summed E-state index contributed by atoms with van der Waals surface area (Å²) in [5, 5.41) is 10.5. The van der Waals surface area contributed by atoms with Gasteiger partial charge in [0, 0.05) is 13.0 Å². The molecule has 1 aliphatic rings. The van der Waals surface area contributed by atoms with Crippen molar-refractivity contribution in [1.29, 1.82) is 0 Å². The fourth-order valence-corrected chi connectivity index (χ4v) is 3.35. The second-order valence-electron chi connectivity index (χ2n) is 7.75. The summed E-state index contributed by atoms with van der Waals surface area (Å²) in [6.45, 7) is 10.7. The Bertz CT molecular complexity index is 612. The lowest BCUT2D eigenvalue weighted by Crippen LogP contribution is -2.68. The second kappa shape index (κ2) is 6.94. The van der Waals surface area contributed by atoms with Crippen molar-refractivity contribution in [2.24, 2.45) is 5.41 Å². The Kier molecular flexibility index (Phi) is 5.47. The summed E-state index contributed by atoms with van der Waals surface area (Å²) >= 11 is 0. The number of hydrogen-bond donors (Lipinski definition) is 1. The first-order valence-electron chi connectivity index (χ1n) is 8.84. The first-order chi connectivity index (χ1) is 11.6. The Morgan fingerprint density at radius 1 is 1.32 bits per heavy atom. The van der Waals surface area contributed by atoms with Crippen molar-refractivity contribution in [3.8, 4) is 5.75 Å². The Morgan fingerprint density at radius 3 is 2.52 bits per heavy atom. The van der Waals surface area contributed by atoms with Gasteiger partial charge in [-0.15, -0.1) is 6.58 Å². The van der Waals surface area contributed by atoms with E-state index < -0.39 is 23.2 Å². The van der Waals surface area contributed by atoms with Crippen LogP contribution in [-0.2, 0) is 0 Å². The molecule has 0 unspecified atom stereocenters. The minimum Gasteiger partial charge on any atom is -0.459 e. The van der Waals surface area contributed by atoms with Crippen molar-refractivity contribution in [3.05, 3.63) is 36.9 Å². The molecule has 0 saturated carbocycles. The molecule has 25 heavy (non-hydrogen) atoms. The van der Waals surface area contributed by atoms with Crippen molar-refractivity contribution in [2.45, 2.75) is 64.7 Å². The highest BCUT2D eigenvalue weighted by Gasteiger charge is 2.67. The molecule has 0 aromatic heterocycles. The zero-order valence-corrected chi connectivity index (χ0v) is 15.6. The number of para-hydroxylation sites is 2. The summed E-state index contributed by atoms with van der Waals surface area (Å²) in [7, 11) is 0. The number of rotatable bonds is 7. The number of hydrogen-bond acceptors (Lipinski definition) is 3. The topological polar surface area (TPSA) is 32.7 Å². The van der Waals surface area contributed by atoms with Gasteiger partial charge in [-0.25, -0.2) is 0 Å². The molecule has 1 aromatic rings. The van der Waals surface area contributed by atoms with Crippen LogP contribution in [0.2, 0.25) is 0 Å². The SMILES string of the molecule is C=CCN1c2ccccc2O[C@@]1(CCCC)C(F)(F)[C@@H](O)C(C)(C)C. The Morgan fingerprint density at radius 2 is 1.96 bits per heavy atom. The molecule has 140 valence electrons. The molecule has 1 aliphatic heterocycles. The minimum atomic E-state index is -3.47. The van der Waals surface area contributed by atoms with Crippen LogP contribution in [-0.4, -0.2) is 29.4 Å². The number of halogens is 2. The van der Waals surface area contributed by atoms with Gasteiger partial charge in [-0.05, 0) is 24.0 Å². The van der Waals surface area contributed by atoms with Crippen molar-refractivity contribution in [1.82, 2.24) is 0 Å². The molecule has 2 rings (SSSR count). The zero-order valence-electron chi connectivity index (χ0n) is 15.6. The molecule has 0 spiro atoms. The fourth-order valence-electron chi connectivity index (χ4n) is 3.35. The lowest BCUT2D eigenvalue weighted by Gasteiger charge is -2.47. The molecule has 0 saturated heterocycles. The van der Waals surface area contributed by atoms with E-state index in [4.69, 9.17) is 4.74 Å². The van der Waals surface area contributed by atoms with E-state index in [2.05, 4.69) is 6.58 Å². The lowest BCUT2D eigenvalue weighted by molar-refractivity contribution is -0.238. The number of fused-ring (bicyclic) bond motifs is 1. The van der Waals surface area contributed by atoms with Crippen LogP contribution in [0.1, 0.15) is 47.0 Å². The summed E-state index contributed by atoms with van der Waals surface area (Å²) in [6, 6.07) is 7.02. The maximum absolute atomic E-state index is 15.7. The first kappa shape index (κ1) is 19.7. The molecule has 0 radical (unpaired) electrons. The average molecular weight is 353 g/mol. The largest absolute Gasteiger partial charge is 0.459 e. The van der Waals surface area contributed by atoms with E-state index in [1.54, 1.807) is 56.0 Å². The summed E-state index contributed by atoms with van der Waals surface area (Å²) in [4.78, 5) is 1.56. The summed E-state index contributed by atoms with van der Waals surface area (Å²) in [5.41, 5.74) is -2.30. The van der Waals surface area contributed by atoms with Crippen LogP contribution in [0.3, 0.4) is 0 Å². The highest BCUT2D eigenvalue weighted by molar-refractivity contribution is 5.65. The minimum absolute atomic E-state index is 0.117. The third kappa shape index (κ3) is 3.26. The van der Waals surface area contributed by atoms with Crippen LogP contribution in [0.15, 0.2) is 36.9 Å². The Hall–Kier alpha value is -1.62. The normalized spacial score (nSPS) is 21.6. The number of benzene rings is 1. The van der Waals surface area contributed by atoms with Gasteiger partial charge in [0.1, 0.15) is 11.9 Å². The molecule has 1 aromatic carbocycles. The first-order valence-corrected chi connectivity index (χ1v) is 8.84. The van der Waals surface area contributed by atoms with Crippen molar-refractivity contribution in [3.63, 3.8) is 0 Å². The molecule has 1 heterocycles. The summed E-state index contributed by atoms with van der Waals surface area (Å²) in [5.74, 6) is -3.05. The molecule has 0 aliphatic carbocycles. The van der Waals surface area contributed by atoms with E-state index in [0.717, 1.165) is 6.42 Å². The van der Waals surface area contributed by atoms with Gasteiger partial charge < -0.3 is 14.7 Å². The molecule has 1 N–H and O–H groups in total. The highest BCUT2D eigenvalue weighted by Crippen LogP contribution is 2.53. The van der Waals surface area contributed by atoms with Gasteiger partial charge in [0.15, 0.2) is 0 Å². The molecule has 0 bridgehead atoms. The number of nitrogens with zero attached hydrogens (tertiary/aromatic N) is 1. The number of unbranched alkanes of at least 4 members (excludes halogenated alkanes) is 1. The number of ether oxygens (including phenoxy) is 1. The van der Waals surface area contributed by atoms with E-state index >= 15 is 8.78 Å². The summed E-state index contributed by atoms with van der Waals surface area (Å²) < 4.78 is 37.3. The maximum atomic E-state index is 15.7. The Balaban J connectivity index is 2.59. The van der Waals surface area contributed by atoms with Crippen LogP contribution in [0, 0.1) is 5.41 Å². The van der Waals surface area contributed by atoms with Gasteiger partial charge in [-0.3, -0.25) is 0 Å². The molecule has 0 fully saturated rings. The molecule has 3 nitrogen and oxygen atoms in total. The molecule has 5 heteroatoms. The Labute approximate surface area is 149 Å². The van der Waals surface area contributed by atoms with E-state index in [-0.39, 0.29) is 13.0 Å². The molecule has 0 amide bonds. The van der Waals surface area contributed by atoms with Crippen molar-refractivity contribution >= 4 is 5.69 Å². The van der Waals surface area contributed by atoms with Gasteiger partial charge in [-0.1, -0.05) is 52.3 Å². The number of anilines is 1. The predicted molar refractivity (Wildman–Crippen MR) is 97.3 cm³/mol. The second-order valence-corrected chi connectivity index (χ2v) is 7.75. The van der Waals surface area contributed by atoms with Crippen LogP contribution < -0.4 is 9.64 Å². The fraction of sp³-hybridized carbons (Fsp3) is 0.600. The molecule has 2 atom stereocenters. The van der Waals surface area contributed by atoms with Gasteiger partial charge in [0.25, 0.3) is 0 Å². The van der Waals surface area contributed by atoms with Crippen molar-refractivity contribution in [2.75, 3.05) is 11.4 Å². The third-order valence-corrected chi connectivity index (χ3v) is 4.74. The van der Waals surface area contributed by atoms with Gasteiger partial charge in [0.05, 0.1) is 5.69 Å². The number of aliphatic hydroxyl groups is 1. The van der Waals surface area contributed by atoms with Gasteiger partial charge >= 0.3 is 5.92 Å². The van der Waals surface area contributed by atoms with Crippen LogP contribution in [0.4, 0.5) is 14.5 Å². The van der Waals surface area contributed by atoms with Crippen molar-refractivity contribution < 1.29 is 18.6 Å². The van der Waals surface area contributed by atoms with Crippen LogP contribution in [0.25, 0.3) is 0 Å².